The molecule has 3 aromatic rings. The van der Waals surface area contributed by atoms with Gasteiger partial charge in [-0.1, -0.05) is 75.0 Å². The van der Waals surface area contributed by atoms with Crippen molar-refractivity contribution in [3.8, 4) is 17.1 Å². The molecule has 0 aliphatic rings. The number of ether oxygens (including phenoxy) is 1. The molecule has 1 amide bonds. The Hall–Kier alpha value is -3.13. The molecule has 3 rings (SSSR count). The van der Waals surface area contributed by atoms with Gasteiger partial charge >= 0.3 is 0 Å². The van der Waals surface area contributed by atoms with Crippen molar-refractivity contribution in [1.82, 2.24) is 14.9 Å². The van der Waals surface area contributed by atoms with Crippen molar-refractivity contribution in [3.63, 3.8) is 0 Å². The van der Waals surface area contributed by atoms with Gasteiger partial charge in [0.1, 0.15) is 5.82 Å². The molecule has 0 unspecified atom stereocenters. The predicted molar refractivity (Wildman–Crippen MR) is 147 cm³/mol. The summed E-state index contributed by atoms with van der Waals surface area (Å²) in [6.07, 6.45) is 1.23. The van der Waals surface area contributed by atoms with Crippen LogP contribution in [0, 0.1) is 11.7 Å². The minimum Gasteiger partial charge on any atom is -0.465 e. The number of benzene rings is 2. The summed E-state index contributed by atoms with van der Waals surface area (Å²) in [6.45, 7) is 10.2. The minimum atomic E-state index is -0.465. The van der Waals surface area contributed by atoms with Crippen LogP contribution in [0.25, 0.3) is 11.1 Å². The summed E-state index contributed by atoms with van der Waals surface area (Å²) in [5.41, 5.74) is 3.80. The lowest BCUT2D eigenvalue weighted by Gasteiger charge is -2.18. The van der Waals surface area contributed by atoms with Gasteiger partial charge in [-0.25, -0.2) is 4.39 Å². The Bertz CT molecular complexity index is 1210. The summed E-state index contributed by atoms with van der Waals surface area (Å²) in [4.78, 5) is 29.4. The zero-order chi connectivity index (χ0) is 26.9. The quantitative estimate of drug-likeness (QED) is 0.314. The first-order valence-electron chi connectivity index (χ1n) is 12.7. The summed E-state index contributed by atoms with van der Waals surface area (Å²) < 4.78 is 22.9. The molecule has 0 spiro atoms. The molecule has 8 heteroatoms. The third-order valence-corrected chi connectivity index (χ3v) is 6.96. The lowest BCUT2D eigenvalue weighted by molar-refractivity contribution is -0.121. The van der Waals surface area contributed by atoms with Crippen molar-refractivity contribution in [1.29, 1.82) is 0 Å². The van der Waals surface area contributed by atoms with Crippen LogP contribution in [0.2, 0.25) is 0 Å². The van der Waals surface area contributed by atoms with Crippen LogP contribution in [0.15, 0.2) is 48.5 Å². The fourth-order valence-electron chi connectivity index (χ4n) is 4.17. The van der Waals surface area contributed by atoms with Crippen LogP contribution < -0.4 is 10.1 Å². The van der Waals surface area contributed by atoms with Crippen LogP contribution in [-0.2, 0) is 29.1 Å². The zero-order valence-electron chi connectivity index (χ0n) is 22.2. The molecular formula is C29H36FN3O3S. The number of nitrogens with one attached hydrogen (secondary N) is 1. The van der Waals surface area contributed by atoms with E-state index in [2.05, 4.69) is 10.3 Å². The van der Waals surface area contributed by atoms with Crippen LogP contribution in [0.5, 0.6) is 6.01 Å². The van der Waals surface area contributed by atoms with Gasteiger partial charge in [-0.3, -0.25) is 14.2 Å². The second-order valence-corrected chi connectivity index (χ2v) is 10.7. The van der Waals surface area contributed by atoms with E-state index < -0.39 is 5.25 Å². The van der Waals surface area contributed by atoms with Gasteiger partial charge in [0.15, 0.2) is 5.12 Å². The average Bonchev–Trinajstić information content (AvgIpc) is 3.19. The third-order valence-electron chi connectivity index (χ3n) is 5.93. The van der Waals surface area contributed by atoms with E-state index in [9.17, 15) is 9.59 Å². The summed E-state index contributed by atoms with van der Waals surface area (Å²) in [5, 5.41) is 2.43. The lowest BCUT2D eigenvalue weighted by Crippen LogP contribution is -2.34. The molecule has 37 heavy (non-hydrogen) atoms. The molecular weight excluding hydrogens is 489 g/mol. The maximum atomic E-state index is 15.2. The average molecular weight is 526 g/mol. The highest BCUT2D eigenvalue weighted by atomic mass is 32.2. The molecule has 0 saturated heterocycles. The summed E-state index contributed by atoms with van der Waals surface area (Å²) in [5.74, 6) is -0.244. The largest absolute Gasteiger partial charge is 0.465 e. The number of aryl methyl sites for hydroxylation is 1. The smallest absolute Gasteiger partial charge is 0.297 e. The summed E-state index contributed by atoms with van der Waals surface area (Å²) >= 11 is 1.06. The molecule has 0 aliphatic heterocycles. The molecule has 6 nitrogen and oxygen atoms in total. The second kappa shape index (κ2) is 13.4. The van der Waals surface area contributed by atoms with Crippen LogP contribution in [0.3, 0.4) is 0 Å². The fourth-order valence-corrected chi connectivity index (χ4v) is 5.24. The van der Waals surface area contributed by atoms with E-state index in [4.69, 9.17) is 4.74 Å². The number of amides is 1. The molecule has 1 heterocycles. The molecule has 1 atom stereocenters. The van der Waals surface area contributed by atoms with E-state index in [1.807, 2.05) is 68.7 Å². The van der Waals surface area contributed by atoms with Crippen molar-refractivity contribution >= 4 is 22.8 Å². The SMILES string of the molecule is CCOc1nc(CC)c(CNC(=O)[C@H](CC(C)C)SC(C)=O)n1Cc1ccc(-c2ccccc2)cc1F. The van der Waals surface area contributed by atoms with Crippen molar-refractivity contribution in [2.24, 2.45) is 5.92 Å². The van der Waals surface area contributed by atoms with E-state index in [-0.39, 0.29) is 35.8 Å². The minimum absolute atomic E-state index is 0.0897. The van der Waals surface area contributed by atoms with Crippen LogP contribution in [0.4, 0.5) is 4.39 Å². The predicted octanol–water partition coefficient (Wildman–Crippen LogP) is 6.01. The van der Waals surface area contributed by atoms with E-state index in [0.29, 0.717) is 31.0 Å². The van der Waals surface area contributed by atoms with Gasteiger partial charge in [-0.2, -0.15) is 4.98 Å². The second-order valence-electron chi connectivity index (χ2n) is 9.28. The van der Waals surface area contributed by atoms with Crippen molar-refractivity contribution in [2.75, 3.05) is 6.61 Å². The van der Waals surface area contributed by atoms with Crippen LogP contribution in [-0.4, -0.2) is 32.4 Å². The Morgan fingerprint density at radius 2 is 1.84 bits per heavy atom. The highest BCUT2D eigenvalue weighted by Crippen LogP contribution is 2.26. The van der Waals surface area contributed by atoms with E-state index >= 15 is 4.39 Å². The van der Waals surface area contributed by atoms with E-state index in [0.717, 1.165) is 34.3 Å². The number of carbonyl (C=O) groups excluding carboxylic acids is 2. The molecule has 0 saturated carbocycles. The van der Waals surface area contributed by atoms with Gasteiger partial charge in [0.2, 0.25) is 5.91 Å². The molecule has 1 aromatic heterocycles. The number of hydrogen-bond donors (Lipinski definition) is 1. The number of halogens is 1. The number of rotatable bonds is 12. The molecule has 0 aliphatic carbocycles. The number of carbonyl (C=O) groups is 2. The van der Waals surface area contributed by atoms with E-state index in [1.54, 1.807) is 12.1 Å². The first kappa shape index (κ1) is 28.4. The maximum Gasteiger partial charge on any atom is 0.297 e. The number of imidazole rings is 1. The first-order valence-corrected chi connectivity index (χ1v) is 13.6. The normalized spacial score (nSPS) is 12.0. The monoisotopic (exact) mass is 525 g/mol. The summed E-state index contributed by atoms with van der Waals surface area (Å²) in [7, 11) is 0. The Morgan fingerprint density at radius 3 is 2.43 bits per heavy atom. The Morgan fingerprint density at radius 1 is 1.11 bits per heavy atom. The van der Waals surface area contributed by atoms with Gasteiger partial charge in [0.25, 0.3) is 6.01 Å². The topological polar surface area (TPSA) is 73.2 Å². The Balaban J connectivity index is 1.88. The zero-order valence-corrected chi connectivity index (χ0v) is 23.0. The van der Waals surface area contributed by atoms with Crippen molar-refractivity contribution in [2.45, 2.75) is 65.8 Å². The number of nitrogens with zero attached hydrogens (tertiary/aromatic N) is 2. The van der Waals surface area contributed by atoms with Gasteiger partial charge in [-0.05, 0) is 42.9 Å². The molecule has 0 radical (unpaired) electrons. The number of hydrogen-bond acceptors (Lipinski definition) is 5. The van der Waals surface area contributed by atoms with Gasteiger partial charge < -0.3 is 10.1 Å². The molecule has 2 aromatic carbocycles. The number of aromatic nitrogens is 2. The maximum absolute atomic E-state index is 15.2. The molecule has 198 valence electrons. The van der Waals surface area contributed by atoms with Crippen LogP contribution in [0.1, 0.15) is 58.0 Å². The highest BCUT2D eigenvalue weighted by molar-refractivity contribution is 8.14. The third kappa shape index (κ3) is 7.68. The number of thioether (sulfide) groups is 1. The molecule has 1 N–H and O–H groups in total. The highest BCUT2D eigenvalue weighted by Gasteiger charge is 2.24. The summed E-state index contributed by atoms with van der Waals surface area (Å²) in [6, 6.07) is 15.3. The Kier molecular flexibility index (Phi) is 10.3. The van der Waals surface area contributed by atoms with Crippen molar-refractivity contribution < 1.29 is 18.7 Å². The lowest BCUT2D eigenvalue weighted by atomic mass is 10.0. The molecule has 0 bridgehead atoms. The Labute approximate surface area is 223 Å². The standard InChI is InChI=1S/C29H36FN3O3S/c1-6-25-26(17-31-28(35)27(15-19(3)4)37-20(5)34)33(29(32-25)36-7-2)18-23-14-13-22(16-24(23)30)21-11-9-8-10-12-21/h8-14,16,19,27H,6-7,15,17-18H2,1-5H3,(H,31,35)/t27-/m0/s1. The first-order chi connectivity index (χ1) is 17.7. The molecule has 0 fully saturated rings. The fraction of sp³-hybridized carbons (Fsp3) is 0.414. The van der Waals surface area contributed by atoms with Gasteiger partial charge in [0.05, 0.1) is 36.3 Å². The van der Waals surface area contributed by atoms with Crippen LogP contribution >= 0.6 is 11.8 Å². The van der Waals surface area contributed by atoms with Crippen molar-refractivity contribution in [3.05, 3.63) is 71.3 Å². The van der Waals surface area contributed by atoms with E-state index in [1.165, 1.54) is 6.92 Å². The van der Waals surface area contributed by atoms with Gasteiger partial charge in [-0.15, -0.1) is 0 Å². The van der Waals surface area contributed by atoms with Gasteiger partial charge in [0, 0.05) is 12.5 Å².